The highest BCUT2D eigenvalue weighted by molar-refractivity contribution is 5.98. The fourth-order valence-electron chi connectivity index (χ4n) is 4.56. The molecule has 2 amide bonds. The summed E-state index contributed by atoms with van der Waals surface area (Å²) < 4.78 is 0. The van der Waals surface area contributed by atoms with Gasteiger partial charge in [0.15, 0.2) is 5.82 Å². The lowest BCUT2D eigenvalue weighted by molar-refractivity contribution is -0.118. The lowest BCUT2D eigenvalue weighted by Gasteiger charge is -2.35. The molecule has 2 aliphatic rings. The molecule has 1 fully saturated rings. The number of nitrogens with zero attached hydrogens (tertiary/aromatic N) is 5. The van der Waals surface area contributed by atoms with Crippen molar-refractivity contribution in [2.75, 3.05) is 42.5 Å². The first kappa shape index (κ1) is 21.1. The topological polar surface area (TPSA) is 69.6 Å². The molecule has 168 valence electrons. The quantitative estimate of drug-likeness (QED) is 0.621. The molecule has 1 saturated heterocycles. The van der Waals surface area contributed by atoms with Crippen molar-refractivity contribution < 1.29 is 9.59 Å². The summed E-state index contributed by atoms with van der Waals surface area (Å²) in [5, 5.41) is 0. The van der Waals surface area contributed by atoms with Gasteiger partial charge in [-0.25, -0.2) is 9.97 Å². The Morgan fingerprint density at radius 2 is 1.73 bits per heavy atom. The van der Waals surface area contributed by atoms with Crippen LogP contribution in [0.1, 0.15) is 29.3 Å². The number of aromatic nitrogens is 2. The number of benzene rings is 2. The van der Waals surface area contributed by atoms with Crippen LogP contribution >= 0.6 is 0 Å². The number of rotatable bonds is 4. The predicted molar refractivity (Wildman–Crippen MR) is 128 cm³/mol. The molecular weight excluding hydrogens is 414 g/mol. The van der Waals surface area contributed by atoms with E-state index < -0.39 is 0 Å². The first-order chi connectivity index (χ1) is 16.1. The SMILES string of the molecule is CCC(=O)N1CCc2cc(C(=O)N3CCN(c4ccnc(-c5ccccc5)n4)CC3)ccc21. The number of carbonyl (C=O) groups is 2. The third kappa shape index (κ3) is 4.18. The molecule has 0 unspecified atom stereocenters. The van der Waals surface area contributed by atoms with Gasteiger partial charge in [-0.1, -0.05) is 37.3 Å². The van der Waals surface area contributed by atoms with Crippen molar-refractivity contribution in [2.24, 2.45) is 0 Å². The Labute approximate surface area is 193 Å². The van der Waals surface area contributed by atoms with Crippen molar-refractivity contribution in [2.45, 2.75) is 19.8 Å². The van der Waals surface area contributed by atoms with Crippen molar-refractivity contribution in [1.82, 2.24) is 14.9 Å². The second-order valence-corrected chi connectivity index (χ2v) is 8.38. The number of fused-ring (bicyclic) bond motifs is 1. The Morgan fingerprint density at radius 1 is 0.939 bits per heavy atom. The van der Waals surface area contributed by atoms with E-state index in [-0.39, 0.29) is 11.8 Å². The van der Waals surface area contributed by atoms with Gasteiger partial charge in [-0.3, -0.25) is 9.59 Å². The van der Waals surface area contributed by atoms with Gasteiger partial charge < -0.3 is 14.7 Å². The molecular formula is C26H27N5O2. The molecule has 1 aromatic heterocycles. The molecule has 5 rings (SSSR count). The smallest absolute Gasteiger partial charge is 0.253 e. The minimum atomic E-state index is 0.0466. The van der Waals surface area contributed by atoms with E-state index >= 15 is 0 Å². The second kappa shape index (κ2) is 9.02. The normalized spacial score (nSPS) is 15.5. The maximum absolute atomic E-state index is 13.2. The van der Waals surface area contributed by atoms with Gasteiger partial charge in [-0.2, -0.15) is 0 Å². The van der Waals surface area contributed by atoms with Crippen LogP contribution in [-0.2, 0) is 11.2 Å². The molecule has 0 atom stereocenters. The zero-order valence-corrected chi connectivity index (χ0v) is 18.8. The van der Waals surface area contributed by atoms with Gasteiger partial charge in [0.05, 0.1) is 0 Å². The molecule has 0 N–H and O–H groups in total. The van der Waals surface area contributed by atoms with Crippen molar-refractivity contribution in [3.8, 4) is 11.4 Å². The minimum Gasteiger partial charge on any atom is -0.353 e. The summed E-state index contributed by atoms with van der Waals surface area (Å²) in [6, 6.07) is 17.6. The fourth-order valence-corrected chi connectivity index (χ4v) is 4.56. The van der Waals surface area contributed by atoms with E-state index in [9.17, 15) is 9.59 Å². The van der Waals surface area contributed by atoms with Crippen LogP contribution in [0.2, 0.25) is 0 Å². The molecule has 3 heterocycles. The number of anilines is 2. The molecule has 7 nitrogen and oxygen atoms in total. The van der Waals surface area contributed by atoms with Crippen LogP contribution in [0.5, 0.6) is 0 Å². The fraction of sp³-hybridized carbons (Fsp3) is 0.308. The minimum absolute atomic E-state index is 0.0466. The second-order valence-electron chi connectivity index (χ2n) is 8.38. The van der Waals surface area contributed by atoms with E-state index in [0.29, 0.717) is 37.4 Å². The summed E-state index contributed by atoms with van der Waals surface area (Å²) in [7, 11) is 0. The zero-order valence-electron chi connectivity index (χ0n) is 18.8. The lowest BCUT2D eigenvalue weighted by atomic mass is 10.1. The lowest BCUT2D eigenvalue weighted by Crippen LogP contribution is -2.49. The summed E-state index contributed by atoms with van der Waals surface area (Å²) in [4.78, 5) is 40.4. The Morgan fingerprint density at radius 3 is 2.48 bits per heavy atom. The number of hydrogen-bond donors (Lipinski definition) is 0. The Hall–Kier alpha value is -3.74. The van der Waals surface area contributed by atoms with Crippen LogP contribution in [0, 0.1) is 0 Å². The van der Waals surface area contributed by atoms with Gasteiger partial charge in [0.25, 0.3) is 5.91 Å². The van der Waals surface area contributed by atoms with Crippen LogP contribution in [0.15, 0.2) is 60.8 Å². The van der Waals surface area contributed by atoms with Crippen LogP contribution in [0.25, 0.3) is 11.4 Å². The van der Waals surface area contributed by atoms with E-state index in [4.69, 9.17) is 4.98 Å². The average molecular weight is 442 g/mol. The highest BCUT2D eigenvalue weighted by atomic mass is 16.2. The summed E-state index contributed by atoms with van der Waals surface area (Å²) >= 11 is 0. The zero-order chi connectivity index (χ0) is 22.8. The molecule has 3 aromatic rings. The van der Waals surface area contributed by atoms with Crippen LogP contribution in [-0.4, -0.2) is 59.4 Å². The maximum Gasteiger partial charge on any atom is 0.253 e. The van der Waals surface area contributed by atoms with Gasteiger partial charge in [-0.05, 0) is 36.2 Å². The van der Waals surface area contributed by atoms with Gasteiger partial charge in [-0.15, -0.1) is 0 Å². The number of amides is 2. The summed E-state index contributed by atoms with van der Waals surface area (Å²) in [6.07, 6.45) is 3.08. The summed E-state index contributed by atoms with van der Waals surface area (Å²) in [5.74, 6) is 1.77. The van der Waals surface area contributed by atoms with E-state index in [0.717, 1.165) is 42.1 Å². The first-order valence-electron chi connectivity index (χ1n) is 11.5. The summed E-state index contributed by atoms with van der Waals surface area (Å²) in [5.41, 5.74) is 3.71. The molecule has 0 spiro atoms. The van der Waals surface area contributed by atoms with Crippen molar-refractivity contribution >= 4 is 23.3 Å². The van der Waals surface area contributed by atoms with Crippen molar-refractivity contribution in [3.05, 3.63) is 71.9 Å². The van der Waals surface area contributed by atoms with E-state index in [1.807, 2.05) is 71.3 Å². The molecule has 2 aliphatic heterocycles. The molecule has 0 aliphatic carbocycles. The van der Waals surface area contributed by atoms with Crippen LogP contribution in [0.3, 0.4) is 0 Å². The number of piperazine rings is 1. The molecule has 7 heteroatoms. The van der Waals surface area contributed by atoms with E-state index in [1.54, 1.807) is 6.20 Å². The average Bonchev–Trinajstić information content (AvgIpc) is 3.32. The van der Waals surface area contributed by atoms with Crippen molar-refractivity contribution in [3.63, 3.8) is 0 Å². The third-order valence-electron chi connectivity index (χ3n) is 6.39. The standard InChI is InChI=1S/C26H27N5O2/c1-2-24(32)31-13-11-20-18-21(8-9-22(20)31)26(33)30-16-14-29(15-17-30)23-10-12-27-25(28-23)19-6-4-3-5-7-19/h3-10,12,18H,2,11,13-17H2,1H3. The van der Waals surface area contributed by atoms with E-state index in [1.165, 1.54) is 0 Å². The van der Waals surface area contributed by atoms with Gasteiger partial charge in [0.2, 0.25) is 5.91 Å². The monoisotopic (exact) mass is 441 g/mol. The predicted octanol–water partition coefficient (Wildman–Crippen LogP) is 3.41. The highest BCUT2D eigenvalue weighted by Gasteiger charge is 2.27. The maximum atomic E-state index is 13.2. The molecule has 0 bridgehead atoms. The molecule has 2 aromatic carbocycles. The number of carbonyl (C=O) groups excluding carboxylic acids is 2. The first-order valence-corrected chi connectivity index (χ1v) is 11.5. The van der Waals surface area contributed by atoms with Gasteiger partial charge >= 0.3 is 0 Å². The summed E-state index contributed by atoms with van der Waals surface area (Å²) in [6.45, 7) is 5.30. The Balaban J connectivity index is 1.25. The highest BCUT2D eigenvalue weighted by Crippen LogP contribution is 2.30. The molecule has 33 heavy (non-hydrogen) atoms. The van der Waals surface area contributed by atoms with Crippen LogP contribution < -0.4 is 9.80 Å². The molecule has 0 radical (unpaired) electrons. The van der Waals surface area contributed by atoms with Crippen LogP contribution in [0.4, 0.5) is 11.5 Å². The Bertz CT molecular complexity index is 1170. The van der Waals surface area contributed by atoms with Gasteiger partial charge in [0.1, 0.15) is 5.82 Å². The van der Waals surface area contributed by atoms with E-state index in [2.05, 4.69) is 9.88 Å². The Kier molecular flexibility index (Phi) is 5.77. The third-order valence-corrected chi connectivity index (χ3v) is 6.39. The largest absolute Gasteiger partial charge is 0.353 e. The number of hydrogen-bond acceptors (Lipinski definition) is 5. The van der Waals surface area contributed by atoms with Gasteiger partial charge in [0, 0.05) is 62.2 Å². The molecule has 0 saturated carbocycles. The van der Waals surface area contributed by atoms with Crippen molar-refractivity contribution in [1.29, 1.82) is 0 Å².